The molecule has 1 aromatic heterocycles. The van der Waals surface area contributed by atoms with Crippen LogP contribution in [0.5, 0.6) is 0 Å². The monoisotopic (exact) mass is 358 g/mol. The number of benzene rings is 1. The molecule has 25 heavy (non-hydrogen) atoms. The average Bonchev–Trinajstić information content (AvgIpc) is 3.10. The minimum absolute atomic E-state index is 0.148. The van der Waals surface area contributed by atoms with Crippen LogP contribution in [0.2, 0.25) is 0 Å². The maximum absolute atomic E-state index is 12.5. The van der Waals surface area contributed by atoms with Crippen molar-refractivity contribution in [2.24, 2.45) is 0 Å². The zero-order chi connectivity index (χ0) is 17.8. The van der Waals surface area contributed by atoms with Crippen LogP contribution in [0, 0.1) is 0 Å². The van der Waals surface area contributed by atoms with Crippen molar-refractivity contribution in [3.05, 3.63) is 40.9 Å². The Balaban J connectivity index is 1.69. The van der Waals surface area contributed by atoms with Gasteiger partial charge in [-0.25, -0.2) is 9.78 Å². The number of nitrogens with zero attached hydrogens (tertiary/aromatic N) is 2. The lowest BCUT2D eigenvalue weighted by Gasteiger charge is -2.32. The number of hydrogen-bond donors (Lipinski definition) is 1. The number of aromatic nitrogens is 1. The molecule has 0 saturated carbocycles. The third kappa shape index (κ3) is 4.07. The lowest BCUT2D eigenvalue weighted by Crippen LogP contribution is -2.48. The quantitative estimate of drug-likeness (QED) is 0.889. The first-order valence-corrected chi connectivity index (χ1v) is 9.52. The summed E-state index contributed by atoms with van der Waals surface area (Å²) in [6, 6.07) is 7.59. The Hall–Kier alpha value is -2.21. The smallest absolute Gasteiger partial charge is 0.326 e. The number of thiazole rings is 1. The van der Waals surface area contributed by atoms with E-state index in [2.05, 4.69) is 24.0 Å². The highest BCUT2D eigenvalue weighted by Gasteiger charge is 2.31. The van der Waals surface area contributed by atoms with Crippen LogP contribution in [0.25, 0.3) is 10.6 Å². The normalized spacial score (nSPS) is 17.5. The van der Waals surface area contributed by atoms with E-state index in [0.717, 1.165) is 29.8 Å². The van der Waals surface area contributed by atoms with Gasteiger partial charge in [-0.05, 0) is 31.2 Å². The van der Waals surface area contributed by atoms with Gasteiger partial charge in [-0.1, -0.05) is 31.2 Å². The molecule has 1 aliphatic heterocycles. The largest absolute Gasteiger partial charge is 0.480 e. The second-order valence-electron chi connectivity index (χ2n) is 6.31. The minimum Gasteiger partial charge on any atom is -0.480 e. The Kier molecular flexibility index (Phi) is 5.48. The number of amides is 1. The summed E-state index contributed by atoms with van der Waals surface area (Å²) in [6.07, 6.45) is 3.41. The lowest BCUT2D eigenvalue weighted by molar-refractivity contribution is -0.151. The predicted octanol–water partition coefficient (Wildman–Crippen LogP) is 3.38. The average molecular weight is 358 g/mol. The molecule has 0 radical (unpaired) electrons. The van der Waals surface area contributed by atoms with E-state index in [0.29, 0.717) is 18.7 Å². The van der Waals surface area contributed by atoms with Crippen LogP contribution in [0.4, 0.5) is 0 Å². The third-order valence-electron chi connectivity index (χ3n) is 4.60. The summed E-state index contributed by atoms with van der Waals surface area (Å²) >= 11 is 1.51. The molecule has 5 nitrogen and oxygen atoms in total. The van der Waals surface area contributed by atoms with Crippen LogP contribution >= 0.6 is 11.3 Å². The van der Waals surface area contributed by atoms with Crippen LogP contribution in [-0.2, 0) is 22.4 Å². The minimum atomic E-state index is -0.914. The van der Waals surface area contributed by atoms with Gasteiger partial charge in [0, 0.05) is 17.5 Å². The molecule has 0 bridgehead atoms. The van der Waals surface area contributed by atoms with Gasteiger partial charge in [0.1, 0.15) is 11.0 Å². The number of aryl methyl sites for hydroxylation is 1. The van der Waals surface area contributed by atoms with Crippen LogP contribution in [0.15, 0.2) is 29.6 Å². The first-order valence-electron chi connectivity index (χ1n) is 8.64. The van der Waals surface area contributed by atoms with Crippen molar-refractivity contribution in [1.29, 1.82) is 0 Å². The molecule has 2 heterocycles. The zero-order valence-electron chi connectivity index (χ0n) is 14.3. The molecule has 2 aromatic rings. The van der Waals surface area contributed by atoms with E-state index < -0.39 is 12.0 Å². The molecule has 132 valence electrons. The number of likely N-dealkylation sites (tertiary alicyclic amines) is 1. The Morgan fingerprint density at radius 2 is 2.04 bits per heavy atom. The summed E-state index contributed by atoms with van der Waals surface area (Å²) in [6.45, 7) is 2.64. The molecule has 6 heteroatoms. The van der Waals surface area contributed by atoms with Crippen molar-refractivity contribution in [1.82, 2.24) is 9.88 Å². The van der Waals surface area contributed by atoms with E-state index in [-0.39, 0.29) is 12.3 Å². The number of carboxylic acids is 1. The lowest BCUT2D eigenvalue weighted by atomic mass is 10.0. The Morgan fingerprint density at radius 3 is 2.72 bits per heavy atom. The number of carbonyl (C=O) groups excluding carboxylic acids is 1. The van der Waals surface area contributed by atoms with Gasteiger partial charge in [0.2, 0.25) is 5.91 Å². The second-order valence-corrected chi connectivity index (χ2v) is 7.17. The molecule has 3 rings (SSSR count). The number of aliphatic carboxylic acids is 1. The van der Waals surface area contributed by atoms with Crippen LogP contribution in [0.3, 0.4) is 0 Å². The molecule has 1 atom stereocenters. The maximum Gasteiger partial charge on any atom is 0.326 e. The van der Waals surface area contributed by atoms with Crippen molar-refractivity contribution in [3.63, 3.8) is 0 Å². The van der Waals surface area contributed by atoms with Gasteiger partial charge in [-0.15, -0.1) is 11.3 Å². The molecule has 1 unspecified atom stereocenters. The molecule has 1 N–H and O–H groups in total. The molecule has 1 amide bonds. The number of carboxylic acid groups (broad SMARTS) is 1. The number of carbonyl (C=O) groups is 2. The van der Waals surface area contributed by atoms with Crippen LogP contribution < -0.4 is 0 Å². The number of piperidine rings is 1. The van der Waals surface area contributed by atoms with Gasteiger partial charge >= 0.3 is 5.97 Å². The van der Waals surface area contributed by atoms with E-state index in [4.69, 9.17) is 0 Å². The van der Waals surface area contributed by atoms with E-state index in [1.54, 1.807) is 0 Å². The maximum atomic E-state index is 12.5. The van der Waals surface area contributed by atoms with Gasteiger partial charge < -0.3 is 10.0 Å². The predicted molar refractivity (Wildman–Crippen MR) is 97.6 cm³/mol. The van der Waals surface area contributed by atoms with E-state index in [9.17, 15) is 14.7 Å². The highest BCUT2D eigenvalue weighted by molar-refractivity contribution is 7.13. The molecule has 0 aliphatic carbocycles. The molecular formula is C19H22N2O3S. The summed E-state index contributed by atoms with van der Waals surface area (Å²) in [5.74, 6) is -1.06. The first kappa shape index (κ1) is 17.6. The van der Waals surface area contributed by atoms with Gasteiger partial charge in [0.05, 0.1) is 12.1 Å². The molecule has 0 spiro atoms. The highest BCUT2D eigenvalue weighted by Crippen LogP contribution is 2.25. The van der Waals surface area contributed by atoms with Gasteiger partial charge in [0.25, 0.3) is 0 Å². The van der Waals surface area contributed by atoms with E-state index in [1.807, 2.05) is 17.5 Å². The molecule has 1 aliphatic rings. The number of rotatable bonds is 5. The fourth-order valence-corrected chi connectivity index (χ4v) is 3.97. The molecule has 1 aromatic carbocycles. The summed E-state index contributed by atoms with van der Waals surface area (Å²) in [7, 11) is 0. The Morgan fingerprint density at radius 1 is 1.28 bits per heavy atom. The molecular weight excluding hydrogens is 336 g/mol. The fourth-order valence-electron chi connectivity index (χ4n) is 3.15. The zero-order valence-corrected chi connectivity index (χ0v) is 15.1. The van der Waals surface area contributed by atoms with Crippen molar-refractivity contribution in [2.45, 2.75) is 45.1 Å². The Bertz CT molecular complexity index is 754. The first-order chi connectivity index (χ1) is 12.1. The standard InChI is InChI=1S/C19H22N2O3S/c1-2-13-6-8-14(9-7-13)18-20-15(12-25-18)11-17(22)21-10-4-3-5-16(21)19(23)24/h6-9,12,16H,2-5,10-11H2,1H3,(H,23,24). The Labute approximate surface area is 151 Å². The van der Waals surface area contributed by atoms with Crippen molar-refractivity contribution >= 4 is 23.2 Å². The highest BCUT2D eigenvalue weighted by atomic mass is 32.1. The second kappa shape index (κ2) is 7.78. The van der Waals surface area contributed by atoms with Gasteiger partial charge in [-0.2, -0.15) is 0 Å². The van der Waals surface area contributed by atoms with Crippen molar-refractivity contribution in [3.8, 4) is 10.6 Å². The SMILES string of the molecule is CCc1ccc(-c2nc(CC(=O)N3CCCCC3C(=O)O)cs2)cc1. The van der Waals surface area contributed by atoms with Crippen molar-refractivity contribution in [2.75, 3.05) is 6.54 Å². The van der Waals surface area contributed by atoms with Gasteiger partial charge in [0.15, 0.2) is 0 Å². The third-order valence-corrected chi connectivity index (χ3v) is 5.54. The van der Waals surface area contributed by atoms with Crippen LogP contribution in [-0.4, -0.2) is 39.5 Å². The molecule has 1 fully saturated rings. The summed E-state index contributed by atoms with van der Waals surface area (Å²) in [5, 5.41) is 12.1. The van der Waals surface area contributed by atoms with E-state index in [1.165, 1.54) is 21.8 Å². The molecule has 1 saturated heterocycles. The van der Waals surface area contributed by atoms with E-state index >= 15 is 0 Å². The summed E-state index contributed by atoms with van der Waals surface area (Å²) < 4.78 is 0. The summed E-state index contributed by atoms with van der Waals surface area (Å²) in [4.78, 5) is 30.0. The van der Waals surface area contributed by atoms with Crippen molar-refractivity contribution < 1.29 is 14.7 Å². The fraction of sp³-hybridized carbons (Fsp3) is 0.421. The number of hydrogen-bond acceptors (Lipinski definition) is 4. The topological polar surface area (TPSA) is 70.5 Å². The van der Waals surface area contributed by atoms with Crippen LogP contribution in [0.1, 0.15) is 37.4 Å². The summed E-state index contributed by atoms with van der Waals surface area (Å²) in [5.41, 5.74) is 3.03. The van der Waals surface area contributed by atoms with Gasteiger partial charge in [-0.3, -0.25) is 4.79 Å².